The Balaban J connectivity index is 1.81. The van der Waals surface area contributed by atoms with Gasteiger partial charge in [-0.2, -0.15) is 4.98 Å². The molecule has 1 aromatic rings. The Hall–Kier alpha value is -1.39. The maximum absolute atomic E-state index is 12.1. The van der Waals surface area contributed by atoms with Gasteiger partial charge in [0.1, 0.15) is 0 Å². The quantitative estimate of drug-likeness (QED) is 0.927. The maximum Gasteiger partial charge on any atom is 0.227 e. The predicted octanol–water partition coefficient (Wildman–Crippen LogP) is 3.24. The second kappa shape index (κ2) is 6.80. The number of amides is 1. The number of carbonyl (C=O) groups excluding carboxylic acids is 1. The van der Waals surface area contributed by atoms with Crippen molar-refractivity contribution in [3.8, 4) is 0 Å². The van der Waals surface area contributed by atoms with E-state index in [2.05, 4.69) is 29.3 Å². The molecule has 0 saturated heterocycles. The minimum absolute atomic E-state index is 0.0847. The number of nitrogens with one attached hydrogen (secondary N) is 1. The molecule has 0 aliphatic heterocycles. The molecule has 1 aromatic heterocycles. The van der Waals surface area contributed by atoms with Crippen molar-refractivity contribution in [1.29, 1.82) is 0 Å². The summed E-state index contributed by atoms with van der Waals surface area (Å²) in [6.07, 6.45) is 4.47. The molecule has 1 fully saturated rings. The lowest BCUT2D eigenvalue weighted by Gasteiger charge is -2.34. The predicted molar refractivity (Wildman–Crippen MR) is 85.4 cm³/mol. The van der Waals surface area contributed by atoms with E-state index >= 15 is 0 Å². The van der Waals surface area contributed by atoms with Crippen LogP contribution in [0.4, 0.5) is 0 Å². The number of aromatic nitrogens is 2. The van der Waals surface area contributed by atoms with Gasteiger partial charge in [0, 0.05) is 24.3 Å². The van der Waals surface area contributed by atoms with E-state index in [1.165, 1.54) is 12.8 Å². The summed E-state index contributed by atoms with van der Waals surface area (Å²) in [5, 5.41) is 7.16. The molecule has 3 atom stereocenters. The zero-order valence-electron chi connectivity index (χ0n) is 14.5. The zero-order chi connectivity index (χ0) is 16.3. The topological polar surface area (TPSA) is 68.0 Å². The fraction of sp³-hybridized carbons (Fsp3) is 0.824. The van der Waals surface area contributed by atoms with Crippen LogP contribution in [0.5, 0.6) is 0 Å². The maximum atomic E-state index is 12.1. The Morgan fingerprint density at radius 2 is 2.05 bits per heavy atom. The van der Waals surface area contributed by atoms with E-state index in [9.17, 15) is 4.79 Å². The first-order valence-corrected chi connectivity index (χ1v) is 8.40. The summed E-state index contributed by atoms with van der Waals surface area (Å²) < 4.78 is 5.23. The highest BCUT2D eigenvalue weighted by atomic mass is 16.5. The van der Waals surface area contributed by atoms with E-state index in [0.29, 0.717) is 42.4 Å². The first-order valence-electron chi connectivity index (χ1n) is 8.40. The van der Waals surface area contributed by atoms with E-state index in [0.717, 1.165) is 6.42 Å². The van der Waals surface area contributed by atoms with Crippen LogP contribution in [-0.2, 0) is 16.6 Å². The Morgan fingerprint density at radius 1 is 1.32 bits per heavy atom. The molecular formula is C17H29N3O2. The molecule has 1 aliphatic carbocycles. The molecular weight excluding hydrogens is 278 g/mol. The number of hydrogen-bond acceptors (Lipinski definition) is 4. The van der Waals surface area contributed by atoms with Gasteiger partial charge in [0.15, 0.2) is 5.82 Å². The van der Waals surface area contributed by atoms with Crippen LogP contribution in [-0.4, -0.2) is 22.1 Å². The van der Waals surface area contributed by atoms with Gasteiger partial charge >= 0.3 is 0 Å². The summed E-state index contributed by atoms with van der Waals surface area (Å²) in [4.78, 5) is 16.5. The van der Waals surface area contributed by atoms with Gasteiger partial charge in [0.25, 0.3) is 0 Å². The Morgan fingerprint density at radius 3 is 2.68 bits per heavy atom. The summed E-state index contributed by atoms with van der Waals surface area (Å²) >= 11 is 0. The van der Waals surface area contributed by atoms with Gasteiger partial charge < -0.3 is 9.84 Å². The fourth-order valence-electron chi connectivity index (χ4n) is 2.95. The smallest absolute Gasteiger partial charge is 0.227 e. The van der Waals surface area contributed by atoms with Gasteiger partial charge in [-0.3, -0.25) is 4.79 Å². The van der Waals surface area contributed by atoms with E-state index in [1.807, 2.05) is 20.8 Å². The molecule has 1 aliphatic rings. The normalized spacial score (nSPS) is 26.0. The molecule has 0 spiro atoms. The van der Waals surface area contributed by atoms with E-state index in [-0.39, 0.29) is 11.3 Å². The average molecular weight is 307 g/mol. The number of nitrogens with zero attached hydrogens (tertiary/aromatic N) is 2. The monoisotopic (exact) mass is 307 g/mol. The first-order chi connectivity index (χ1) is 10.3. The summed E-state index contributed by atoms with van der Waals surface area (Å²) in [5.74, 6) is 2.56. The van der Waals surface area contributed by atoms with Crippen molar-refractivity contribution in [2.75, 3.05) is 0 Å². The van der Waals surface area contributed by atoms with Gasteiger partial charge in [-0.25, -0.2) is 0 Å². The lowest BCUT2D eigenvalue weighted by atomic mass is 9.78. The van der Waals surface area contributed by atoms with Gasteiger partial charge in [0.05, 0.1) is 0 Å². The van der Waals surface area contributed by atoms with E-state index in [1.54, 1.807) is 0 Å². The van der Waals surface area contributed by atoms with Crippen LogP contribution < -0.4 is 5.32 Å². The van der Waals surface area contributed by atoms with Gasteiger partial charge in [-0.1, -0.05) is 52.6 Å². The molecule has 1 heterocycles. The van der Waals surface area contributed by atoms with Crippen molar-refractivity contribution in [2.45, 2.75) is 78.2 Å². The minimum Gasteiger partial charge on any atom is -0.353 e. The number of carbonyl (C=O) groups is 1. The van der Waals surface area contributed by atoms with Crippen molar-refractivity contribution < 1.29 is 9.32 Å². The molecule has 0 radical (unpaired) electrons. The summed E-state index contributed by atoms with van der Waals surface area (Å²) in [5.41, 5.74) is -0.127. The third-order valence-corrected chi connectivity index (χ3v) is 4.76. The fourth-order valence-corrected chi connectivity index (χ4v) is 2.95. The summed E-state index contributed by atoms with van der Waals surface area (Å²) in [6.45, 7) is 10.6. The molecule has 0 aromatic carbocycles. The molecule has 22 heavy (non-hydrogen) atoms. The van der Waals surface area contributed by atoms with Crippen LogP contribution in [0.1, 0.15) is 72.0 Å². The highest BCUT2D eigenvalue weighted by molar-refractivity contribution is 5.76. The van der Waals surface area contributed by atoms with E-state index in [4.69, 9.17) is 4.52 Å². The standard InChI is InChI=1S/C17H29N3O2/c1-11-7-6-8-13(12(11)2)18-14(21)9-10-15-19-16(20-22-15)17(3,4)5/h11-13H,6-10H2,1-5H3,(H,18,21)/t11-,12+,13-/m1/s1. The third kappa shape index (κ3) is 4.31. The molecule has 1 amide bonds. The number of rotatable bonds is 4. The van der Waals surface area contributed by atoms with Crippen LogP contribution in [0.3, 0.4) is 0 Å². The first kappa shape index (κ1) is 17.0. The molecule has 0 unspecified atom stereocenters. The van der Waals surface area contributed by atoms with Gasteiger partial charge in [-0.05, 0) is 18.3 Å². The lowest BCUT2D eigenvalue weighted by molar-refractivity contribution is -0.122. The second-order valence-electron chi connectivity index (χ2n) is 7.70. The molecule has 5 nitrogen and oxygen atoms in total. The van der Waals surface area contributed by atoms with Gasteiger partial charge in [0.2, 0.25) is 11.8 Å². The minimum atomic E-state index is -0.127. The SMILES string of the molecule is C[C@H]1[C@H](C)CCC[C@H]1NC(=O)CCc1nc(C(C)(C)C)no1. The molecule has 1 saturated carbocycles. The van der Waals surface area contributed by atoms with Crippen LogP contribution in [0.15, 0.2) is 4.52 Å². The highest BCUT2D eigenvalue weighted by Gasteiger charge is 2.28. The molecule has 2 rings (SSSR count). The largest absolute Gasteiger partial charge is 0.353 e. The number of hydrogen-bond donors (Lipinski definition) is 1. The van der Waals surface area contributed by atoms with Crippen molar-refractivity contribution in [2.24, 2.45) is 11.8 Å². The highest BCUT2D eigenvalue weighted by Crippen LogP contribution is 2.29. The van der Waals surface area contributed by atoms with Crippen molar-refractivity contribution in [3.05, 3.63) is 11.7 Å². The molecule has 124 valence electrons. The van der Waals surface area contributed by atoms with E-state index < -0.39 is 0 Å². The van der Waals surface area contributed by atoms with Crippen molar-refractivity contribution in [1.82, 2.24) is 15.5 Å². The van der Waals surface area contributed by atoms with Gasteiger partial charge in [-0.15, -0.1) is 0 Å². The third-order valence-electron chi connectivity index (χ3n) is 4.76. The molecule has 1 N–H and O–H groups in total. The second-order valence-corrected chi connectivity index (χ2v) is 7.70. The number of aryl methyl sites for hydroxylation is 1. The van der Waals surface area contributed by atoms with Crippen LogP contribution in [0.2, 0.25) is 0 Å². The Kier molecular flexibility index (Phi) is 5.24. The van der Waals surface area contributed by atoms with Crippen LogP contribution in [0, 0.1) is 11.8 Å². The Labute approximate surface area is 133 Å². The zero-order valence-corrected chi connectivity index (χ0v) is 14.5. The Bertz CT molecular complexity index is 504. The lowest BCUT2D eigenvalue weighted by Crippen LogP contribution is -2.43. The van der Waals surface area contributed by atoms with Crippen LogP contribution >= 0.6 is 0 Å². The van der Waals surface area contributed by atoms with Crippen molar-refractivity contribution >= 4 is 5.91 Å². The molecule has 0 bridgehead atoms. The van der Waals surface area contributed by atoms with Crippen molar-refractivity contribution in [3.63, 3.8) is 0 Å². The summed E-state index contributed by atoms with van der Waals surface area (Å²) in [7, 11) is 0. The average Bonchev–Trinajstić information content (AvgIpc) is 2.91. The molecule has 5 heteroatoms. The van der Waals surface area contributed by atoms with Crippen LogP contribution in [0.25, 0.3) is 0 Å². The summed E-state index contributed by atoms with van der Waals surface area (Å²) in [6, 6.07) is 0.309.